The Bertz CT molecular complexity index is 798. The molecule has 0 aliphatic carbocycles. The van der Waals surface area contributed by atoms with Crippen LogP contribution in [0.2, 0.25) is 0 Å². The fraction of sp³-hybridized carbons (Fsp3) is 0.421. The van der Waals surface area contributed by atoms with Gasteiger partial charge in [-0.3, -0.25) is 9.59 Å². The Balaban J connectivity index is 1.92. The molecule has 2 unspecified atom stereocenters. The van der Waals surface area contributed by atoms with Gasteiger partial charge in [-0.05, 0) is 38.3 Å². The highest BCUT2D eigenvalue weighted by molar-refractivity contribution is 5.97. The summed E-state index contributed by atoms with van der Waals surface area (Å²) in [6.07, 6.45) is 0.611. The largest absolute Gasteiger partial charge is 0.481 e. The Morgan fingerprint density at radius 1 is 1.16 bits per heavy atom. The van der Waals surface area contributed by atoms with Gasteiger partial charge in [0, 0.05) is 13.1 Å². The zero-order chi connectivity index (χ0) is 18.1. The van der Waals surface area contributed by atoms with E-state index in [4.69, 9.17) is 0 Å². The SMILES string of the molecule is Cc1nn(-c2ccccc2)c(C)c1C(=O)N1CC(C)CC(C(=O)O)C1. The second-order valence-electron chi connectivity index (χ2n) is 6.88. The third-order valence-corrected chi connectivity index (χ3v) is 4.80. The summed E-state index contributed by atoms with van der Waals surface area (Å²) in [5.74, 6) is -1.30. The number of piperidine rings is 1. The van der Waals surface area contributed by atoms with Gasteiger partial charge in [0.2, 0.25) is 0 Å². The van der Waals surface area contributed by atoms with Crippen LogP contribution in [0.15, 0.2) is 30.3 Å². The maximum absolute atomic E-state index is 13.1. The highest BCUT2D eigenvalue weighted by Gasteiger charge is 2.34. The molecule has 0 bridgehead atoms. The van der Waals surface area contributed by atoms with E-state index in [0.717, 1.165) is 11.4 Å². The van der Waals surface area contributed by atoms with Gasteiger partial charge in [-0.15, -0.1) is 0 Å². The number of aromatic nitrogens is 2. The van der Waals surface area contributed by atoms with E-state index in [1.165, 1.54) is 0 Å². The summed E-state index contributed by atoms with van der Waals surface area (Å²) in [4.78, 5) is 26.1. The lowest BCUT2D eigenvalue weighted by atomic mass is 9.90. The molecular formula is C19H23N3O3. The molecule has 1 amide bonds. The number of hydrogen-bond donors (Lipinski definition) is 1. The number of aryl methyl sites for hydroxylation is 1. The highest BCUT2D eigenvalue weighted by Crippen LogP contribution is 2.26. The molecule has 1 saturated heterocycles. The molecule has 3 rings (SSSR count). The van der Waals surface area contributed by atoms with Crippen LogP contribution in [0.1, 0.15) is 35.1 Å². The first kappa shape index (κ1) is 17.2. The lowest BCUT2D eigenvalue weighted by Gasteiger charge is -2.34. The van der Waals surface area contributed by atoms with Crippen LogP contribution in [-0.2, 0) is 4.79 Å². The predicted molar refractivity (Wildman–Crippen MR) is 93.8 cm³/mol. The number of carboxylic acids is 1. The number of carbonyl (C=O) groups excluding carboxylic acids is 1. The summed E-state index contributed by atoms with van der Waals surface area (Å²) in [5.41, 5.74) is 2.91. The van der Waals surface area contributed by atoms with E-state index in [1.807, 2.05) is 51.1 Å². The van der Waals surface area contributed by atoms with Gasteiger partial charge >= 0.3 is 5.97 Å². The first-order valence-electron chi connectivity index (χ1n) is 8.52. The molecule has 0 radical (unpaired) electrons. The van der Waals surface area contributed by atoms with Gasteiger partial charge in [0.25, 0.3) is 5.91 Å². The van der Waals surface area contributed by atoms with Crippen LogP contribution in [0.3, 0.4) is 0 Å². The normalized spacial score (nSPS) is 20.5. The van der Waals surface area contributed by atoms with Gasteiger partial charge < -0.3 is 10.0 Å². The fourth-order valence-electron chi connectivity index (χ4n) is 3.63. The average molecular weight is 341 g/mol. The molecule has 1 N–H and O–H groups in total. The monoisotopic (exact) mass is 341 g/mol. The van der Waals surface area contributed by atoms with Crippen LogP contribution in [-0.4, -0.2) is 44.8 Å². The molecule has 1 fully saturated rings. The Hall–Kier alpha value is -2.63. The lowest BCUT2D eigenvalue weighted by Crippen LogP contribution is -2.45. The summed E-state index contributed by atoms with van der Waals surface area (Å²) in [6, 6.07) is 9.67. The standard InChI is InChI=1S/C19H23N3O3/c1-12-9-15(19(24)25)11-21(10-12)18(23)17-13(2)20-22(14(17)3)16-7-5-4-6-8-16/h4-8,12,15H,9-11H2,1-3H3,(H,24,25). The zero-order valence-corrected chi connectivity index (χ0v) is 14.8. The van der Waals surface area contributed by atoms with E-state index in [-0.39, 0.29) is 18.4 Å². The topological polar surface area (TPSA) is 75.4 Å². The summed E-state index contributed by atoms with van der Waals surface area (Å²) in [7, 11) is 0. The molecule has 25 heavy (non-hydrogen) atoms. The van der Waals surface area contributed by atoms with E-state index < -0.39 is 11.9 Å². The Kier molecular flexibility index (Phi) is 4.61. The molecule has 1 aromatic heterocycles. The van der Waals surface area contributed by atoms with Crippen molar-refractivity contribution in [2.24, 2.45) is 11.8 Å². The van der Waals surface area contributed by atoms with E-state index in [2.05, 4.69) is 5.10 Å². The zero-order valence-electron chi connectivity index (χ0n) is 14.8. The van der Waals surface area contributed by atoms with Gasteiger partial charge in [-0.1, -0.05) is 25.1 Å². The van der Waals surface area contributed by atoms with Crippen molar-refractivity contribution in [2.45, 2.75) is 27.2 Å². The quantitative estimate of drug-likeness (QED) is 0.931. The lowest BCUT2D eigenvalue weighted by molar-refractivity contribution is -0.143. The summed E-state index contributed by atoms with van der Waals surface area (Å²) < 4.78 is 1.77. The molecule has 2 aromatic rings. The molecule has 2 heterocycles. The van der Waals surface area contributed by atoms with Crippen LogP contribution in [0, 0.1) is 25.7 Å². The molecule has 0 spiro atoms. The number of benzene rings is 1. The van der Waals surface area contributed by atoms with E-state index in [0.29, 0.717) is 24.2 Å². The van der Waals surface area contributed by atoms with Crippen molar-refractivity contribution >= 4 is 11.9 Å². The molecule has 132 valence electrons. The minimum Gasteiger partial charge on any atom is -0.481 e. The van der Waals surface area contributed by atoms with Crippen molar-refractivity contribution in [3.05, 3.63) is 47.3 Å². The van der Waals surface area contributed by atoms with Crippen LogP contribution >= 0.6 is 0 Å². The first-order valence-corrected chi connectivity index (χ1v) is 8.52. The van der Waals surface area contributed by atoms with Gasteiger partial charge in [-0.2, -0.15) is 5.10 Å². The third-order valence-electron chi connectivity index (χ3n) is 4.80. The maximum Gasteiger partial charge on any atom is 0.308 e. The van der Waals surface area contributed by atoms with Crippen LogP contribution in [0.5, 0.6) is 0 Å². The van der Waals surface area contributed by atoms with E-state index in [1.54, 1.807) is 9.58 Å². The van der Waals surface area contributed by atoms with E-state index >= 15 is 0 Å². The van der Waals surface area contributed by atoms with Gasteiger partial charge in [-0.25, -0.2) is 4.68 Å². The second kappa shape index (κ2) is 6.70. The molecule has 1 aromatic carbocycles. The maximum atomic E-state index is 13.1. The molecule has 1 aliphatic heterocycles. The van der Waals surface area contributed by atoms with Gasteiger partial charge in [0.15, 0.2) is 0 Å². The number of amides is 1. The number of hydrogen-bond acceptors (Lipinski definition) is 3. The van der Waals surface area contributed by atoms with Gasteiger partial charge in [0.05, 0.1) is 28.6 Å². The van der Waals surface area contributed by atoms with Crippen molar-refractivity contribution in [1.29, 1.82) is 0 Å². The average Bonchev–Trinajstić information content (AvgIpc) is 2.89. The van der Waals surface area contributed by atoms with E-state index in [9.17, 15) is 14.7 Å². The molecule has 6 heteroatoms. The number of likely N-dealkylation sites (tertiary alicyclic amines) is 1. The molecular weight excluding hydrogens is 318 g/mol. The number of aliphatic carboxylic acids is 1. The van der Waals surface area contributed by atoms with Crippen LogP contribution in [0.25, 0.3) is 5.69 Å². The smallest absolute Gasteiger partial charge is 0.308 e. The number of carbonyl (C=O) groups is 2. The fourth-order valence-corrected chi connectivity index (χ4v) is 3.63. The third kappa shape index (κ3) is 3.29. The summed E-state index contributed by atoms with van der Waals surface area (Å²) >= 11 is 0. The Morgan fingerprint density at radius 3 is 2.48 bits per heavy atom. The Labute approximate surface area is 147 Å². The molecule has 1 aliphatic rings. The van der Waals surface area contributed by atoms with Crippen LogP contribution in [0.4, 0.5) is 0 Å². The van der Waals surface area contributed by atoms with Gasteiger partial charge in [0.1, 0.15) is 0 Å². The number of nitrogens with zero attached hydrogens (tertiary/aromatic N) is 3. The minimum atomic E-state index is -0.835. The first-order chi connectivity index (χ1) is 11.9. The highest BCUT2D eigenvalue weighted by atomic mass is 16.4. The number of para-hydroxylation sites is 1. The predicted octanol–water partition coefficient (Wildman–Crippen LogP) is 2.67. The Morgan fingerprint density at radius 2 is 1.84 bits per heavy atom. The second-order valence-corrected chi connectivity index (χ2v) is 6.88. The summed E-state index contributed by atoms with van der Waals surface area (Å²) in [5, 5.41) is 13.9. The molecule has 0 saturated carbocycles. The van der Waals surface area contributed by atoms with Crippen molar-refractivity contribution in [2.75, 3.05) is 13.1 Å². The van der Waals surface area contributed by atoms with Crippen LogP contribution < -0.4 is 0 Å². The number of carboxylic acid groups (broad SMARTS) is 1. The number of rotatable bonds is 3. The van der Waals surface area contributed by atoms with Crippen molar-refractivity contribution in [3.8, 4) is 5.69 Å². The summed E-state index contributed by atoms with van der Waals surface area (Å²) in [6.45, 7) is 6.53. The molecule has 2 atom stereocenters. The van der Waals surface area contributed by atoms with Crippen molar-refractivity contribution in [3.63, 3.8) is 0 Å². The molecule has 6 nitrogen and oxygen atoms in total. The minimum absolute atomic E-state index is 0.130. The van der Waals surface area contributed by atoms with Crippen molar-refractivity contribution in [1.82, 2.24) is 14.7 Å². The van der Waals surface area contributed by atoms with Crippen molar-refractivity contribution < 1.29 is 14.7 Å².